The fourth-order valence-electron chi connectivity index (χ4n) is 1.91. The van der Waals surface area contributed by atoms with E-state index in [0.717, 1.165) is 31.0 Å². The van der Waals surface area contributed by atoms with Gasteiger partial charge in [-0.3, -0.25) is 4.79 Å². The molecule has 0 saturated heterocycles. The molecule has 0 heterocycles. The van der Waals surface area contributed by atoms with Crippen molar-refractivity contribution < 1.29 is 13.6 Å². The second-order valence-electron chi connectivity index (χ2n) is 4.52. The predicted octanol–water partition coefficient (Wildman–Crippen LogP) is 3.48. The summed E-state index contributed by atoms with van der Waals surface area (Å²) in [5.41, 5.74) is 0.0199. The molecule has 2 unspecified atom stereocenters. The zero-order chi connectivity index (χ0) is 14.4. The Morgan fingerprint density at radius 2 is 1.95 bits per heavy atom. The van der Waals surface area contributed by atoms with E-state index in [9.17, 15) is 13.6 Å². The van der Waals surface area contributed by atoms with Crippen LogP contribution >= 0.6 is 0 Å². The average molecular weight is 266 g/mol. The standard InChI is InChI=1S/C14H16F2N2O/c1-3-4-9(2)13(8-17)14(19)18-12-6-10(15)5-11(16)7-12/h5-7,9,13H,3-4H2,1-2H3,(H,18,19). The monoisotopic (exact) mass is 266 g/mol. The van der Waals surface area contributed by atoms with Crippen LogP contribution in [0.15, 0.2) is 18.2 Å². The minimum atomic E-state index is -0.828. The third-order valence-electron chi connectivity index (χ3n) is 2.86. The molecule has 1 amide bonds. The van der Waals surface area contributed by atoms with E-state index in [2.05, 4.69) is 5.32 Å². The van der Waals surface area contributed by atoms with Crippen LogP contribution in [-0.4, -0.2) is 5.91 Å². The summed E-state index contributed by atoms with van der Waals surface area (Å²) in [6.07, 6.45) is 1.60. The molecule has 0 aromatic heterocycles. The van der Waals surface area contributed by atoms with Crippen LogP contribution in [0.1, 0.15) is 26.7 Å². The highest BCUT2D eigenvalue weighted by Crippen LogP contribution is 2.20. The van der Waals surface area contributed by atoms with E-state index in [4.69, 9.17) is 5.26 Å². The maximum absolute atomic E-state index is 13.0. The predicted molar refractivity (Wildman–Crippen MR) is 68.2 cm³/mol. The van der Waals surface area contributed by atoms with Gasteiger partial charge in [-0.15, -0.1) is 0 Å². The van der Waals surface area contributed by atoms with Crippen molar-refractivity contribution in [3.05, 3.63) is 29.8 Å². The minimum Gasteiger partial charge on any atom is -0.325 e. The molecule has 0 aliphatic heterocycles. The number of anilines is 1. The highest BCUT2D eigenvalue weighted by Gasteiger charge is 2.24. The molecular formula is C14H16F2N2O. The van der Waals surface area contributed by atoms with Crippen LogP contribution in [0.2, 0.25) is 0 Å². The highest BCUT2D eigenvalue weighted by atomic mass is 19.1. The summed E-state index contributed by atoms with van der Waals surface area (Å²) in [7, 11) is 0. The molecule has 1 aromatic carbocycles. The second kappa shape index (κ2) is 6.83. The third kappa shape index (κ3) is 4.32. The largest absolute Gasteiger partial charge is 0.325 e. The summed E-state index contributed by atoms with van der Waals surface area (Å²) in [5, 5.41) is 11.4. The zero-order valence-corrected chi connectivity index (χ0v) is 10.9. The molecule has 5 heteroatoms. The molecule has 1 aromatic rings. The number of amides is 1. The van der Waals surface area contributed by atoms with E-state index in [1.165, 1.54) is 0 Å². The van der Waals surface area contributed by atoms with Gasteiger partial charge in [0.05, 0.1) is 6.07 Å². The molecule has 0 radical (unpaired) electrons. The minimum absolute atomic E-state index is 0.0199. The molecule has 0 saturated carbocycles. The van der Waals surface area contributed by atoms with E-state index >= 15 is 0 Å². The first-order valence-electron chi connectivity index (χ1n) is 6.14. The Kier molecular flexibility index (Phi) is 5.43. The first kappa shape index (κ1) is 15.1. The van der Waals surface area contributed by atoms with Gasteiger partial charge < -0.3 is 5.32 Å². The van der Waals surface area contributed by atoms with Crippen molar-refractivity contribution >= 4 is 11.6 Å². The van der Waals surface area contributed by atoms with Crippen LogP contribution in [0.5, 0.6) is 0 Å². The third-order valence-corrected chi connectivity index (χ3v) is 2.86. The number of hydrogen-bond acceptors (Lipinski definition) is 2. The van der Waals surface area contributed by atoms with Crippen LogP contribution in [0.3, 0.4) is 0 Å². The quantitative estimate of drug-likeness (QED) is 0.887. The normalized spacial score (nSPS) is 13.4. The van der Waals surface area contributed by atoms with Gasteiger partial charge in [0.25, 0.3) is 0 Å². The molecule has 1 rings (SSSR count). The summed E-state index contributed by atoms with van der Waals surface area (Å²) in [6.45, 7) is 3.77. The Morgan fingerprint density at radius 3 is 2.42 bits per heavy atom. The average Bonchev–Trinajstić information content (AvgIpc) is 2.28. The van der Waals surface area contributed by atoms with Gasteiger partial charge in [-0.05, 0) is 24.5 Å². The molecule has 0 fully saturated rings. The van der Waals surface area contributed by atoms with Crippen molar-refractivity contribution in [2.75, 3.05) is 5.32 Å². The molecule has 19 heavy (non-hydrogen) atoms. The molecule has 2 atom stereocenters. The zero-order valence-electron chi connectivity index (χ0n) is 10.9. The maximum atomic E-state index is 13.0. The first-order chi connectivity index (χ1) is 8.97. The summed E-state index contributed by atoms with van der Waals surface area (Å²) in [4.78, 5) is 11.9. The number of hydrogen-bond donors (Lipinski definition) is 1. The van der Waals surface area contributed by atoms with Crippen LogP contribution in [0.25, 0.3) is 0 Å². The fraction of sp³-hybridized carbons (Fsp3) is 0.429. The lowest BCUT2D eigenvalue weighted by molar-refractivity contribution is -0.119. The SMILES string of the molecule is CCCC(C)C(C#N)C(=O)Nc1cc(F)cc(F)c1. The van der Waals surface area contributed by atoms with Gasteiger partial charge >= 0.3 is 0 Å². The first-order valence-corrected chi connectivity index (χ1v) is 6.14. The molecule has 0 bridgehead atoms. The number of nitrogens with one attached hydrogen (secondary N) is 1. The van der Waals surface area contributed by atoms with Gasteiger partial charge in [0.15, 0.2) is 0 Å². The lowest BCUT2D eigenvalue weighted by Gasteiger charge is -2.16. The van der Waals surface area contributed by atoms with Crippen LogP contribution in [0.4, 0.5) is 14.5 Å². The van der Waals surface area contributed by atoms with Crippen molar-refractivity contribution in [3.63, 3.8) is 0 Å². The number of rotatable bonds is 5. The summed E-state index contributed by atoms with van der Waals surface area (Å²) >= 11 is 0. The smallest absolute Gasteiger partial charge is 0.242 e. The van der Waals surface area contributed by atoms with Gasteiger partial charge in [0, 0.05) is 11.8 Å². The van der Waals surface area contributed by atoms with Crippen LogP contribution in [-0.2, 0) is 4.79 Å². The number of nitrogens with zero attached hydrogens (tertiary/aromatic N) is 1. The second-order valence-corrected chi connectivity index (χ2v) is 4.52. The number of benzene rings is 1. The van der Waals surface area contributed by atoms with Crippen molar-refractivity contribution in [2.45, 2.75) is 26.7 Å². The molecule has 3 nitrogen and oxygen atoms in total. The number of carbonyl (C=O) groups excluding carboxylic acids is 1. The number of carbonyl (C=O) groups is 1. The van der Waals surface area contributed by atoms with E-state index in [-0.39, 0.29) is 11.6 Å². The Morgan fingerprint density at radius 1 is 1.37 bits per heavy atom. The Labute approximate surface area is 111 Å². The van der Waals surface area contributed by atoms with Crippen molar-refractivity contribution in [1.29, 1.82) is 5.26 Å². The van der Waals surface area contributed by atoms with Gasteiger partial charge in [-0.25, -0.2) is 8.78 Å². The van der Waals surface area contributed by atoms with Gasteiger partial charge in [0.1, 0.15) is 17.6 Å². The molecule has 0 spiro atoms. The molecule has 1 N–H and O–H groups in total. The lowest BCUT2D eigenvalue weighted by atomic mass is 9.90. The van der Waals surface area contributed by atoms with Crippen molar-refractivity contribution in [2.24, 2.45) is 11.8 Å². The van der Waals surface area contributed by atoms with E-state index < -0.39 is 23.5 Å². The van der Waals surface area contributed by atoms with E-state index in [0.29, 0.717) is 0 Å². The van der Waals surface area contributed by atoms with Crippen LogP contribution in [0, 0.1) is 34.8 Å². The summed E-state index contributed by atoms with van der Waals surface area (Å²) in [5.74, 6) is -3.01. The van der Waals surface area contributed by atoms with Crippen molar-refractivity contribution in [1.82, 2.24) is 0 Å². The Balaban J connectivity index is 2.80. The Bertz CT molecular complexity index is 476. The molecule has 0 aliphatic rings. The maximum Gasteiger partial charge on any atom is 0.242 e. The lowest BCUT2D eigenvalue weighted by Crippen LogP contribution is -2.27. The Hall–Kier alpha value is -1.96. The number of nitriles is 1. The van der Waals surface area contributed by atoms with E-state index in [1.807, 2.05) is 19.9 Å². The number of halogens is 2. The molecular weight excluding hydrogens is 250 g/mol. The topological polar surface area (TPSA) is 52.9 Å². The van der Waals surface area contributed by atoms with Crippen molar-refractivity contribution in [3.8, 4) is 6.07 Å². The molecule has 0 aliphatic carbocycles. The van der Waals surface area contributed by atoms with Gasteiger partial charge in [-0.2, -0.15) is 5.26 Å². The summed E-state index contributed by atoms with van der Waals surface area (Å²) < 4.78 is 26.0. The summed E-state index contributed by atoms with van der Waals surface area (Å²) in [6, 6.07) is 4.68. The van der Waals surface area contributed by atoms with Gasteiger partial charge in [0.2, 0.25) is 5.91 Å². The molecule has 102 valence electrons. The van der Waals surface area contributed by atoms with Gasteiger partial charge in [-0.1, -0.05) is 20.3 Å². The van der Waals surface area contributed by atoms with E-state index in [1.54, 1.807) is 0 Å². The highest BCUT2D eigenvalue weighted by molar-refractivity contribution is 5.94. The van der Waals surface area contributed by atoms with Crippen LogP contribution < -0.4 is 5.32 Å². The fourth-order valence-corrected chi connectivity index (χ4v) is 1.91.